The first-order chi connectivity index (χ1) is 15.5. The quantitative estimate of drug-likeness (QED) is 0.596. The fraction of sp³-hybridized carbons (Fsp3) is 0.292. The number of hydrogen-bond donors (Lipinski definition) is 1. The van der Waals surface area contributed by atoms with Gasteiger partial charge in [-0.3, -0.25) is 14.5 Å². The van der Waals surface area contributed by atoms with Gasteiger partial charge in [-0.1, -0.05) is 54.1 Å². The molecule has 1 aliphatic heterocycles. The average molecular weight is 469 g/mol. The molecule has 0 aliphatic carbocycles. The molecule has 0 spiro atoms. The Bertz CT molecular complexity index is 1080. The molecule has 166 valence electrons. The standard InChI is InChI=1S/C24H25ClN4O2S/c1-17-22(32-23(27-17)19-7-9-20(25)10-8-19)24(31)29-13-11-28(12-14-29)16-21(30)26-15-18-5-3-2-4-6-18/h2-10H,11-16H2,1H3,(H,26,30). The van der Waals surface area contributed by atoms with Crippen LogP contribution in [0, 0.1) is 6.92 Å². The van der Waals surface area contributed by atoms with Crippen molar-refractivity contribution >= 4 is 34.8 Å². The molecule has 2 aromatic carbocycles. The van der Waals surface area contributed by atoms with Crippen molar-refractivity contribution in [3.63, 3.8) is 0 Å². The molecule has 0 bridgehead atoms. The Morgan fingerprint density at radius 3 is 2.41 bits per heavy atom. The third-order valence-electron chi connectivity index (χ3n) is 5.44. The molecule has 32 heavy (non-hydrogen) atoms. The molecule has 0 atom stereocenters. The Hall–Kier alpha value is -2.74. The average Bonchev–Trinajstić information content (AvgIpc) is 3.20. The Morgan fingerprint density at radius 1 is 1.03 bits per heavy atom. The summed E-state index contributed by atoms with van der Waals surface area (Å²) in [6, 6.07) is 17.3. The number of piperazine rings is 1. The topological polar surface area (TPSA) is 65.5 Å². The number of hydrogen-bond acceptors (Lipinski definition) is 5. The summed E-state index contributed by atoms with van der Waals surface area (Å²) in [5.74, 6) is 0.00734. The van der Waals surface area contributed by atoms with Crippen molar-refractivity contribution < 1.29 is 9.59 Å². The van der Waals surface area contributed by atoms with Crippen LogP contribution in [0.3, 0.4) is 0 Å². The molecule has 6 nitrogen and oxygen atoms in total. The monoisotopic (exact) mass is 468 g/mol. The lowest BCUT2D eigenvalue weighted by molar-refractivity contribution is -0.122. The zero-order chi connectivity index (χ0) is 22.5. The van der Waals surface area contributed by atoms with Gasteiger partial charge in [0.05, 0.1) is 12.2 Å². The van der Waals surface area contributed by atoms with Gasteiger partial charge in [0.15, 0.2) is 0 Å². The molecule has 0 radical (unpaired) electrons. The lowest BCUT2D eigenvalue weighted by Gasteiger charge is -2.34. The van der Waals surface area contributed by atoms with Crippen molar-refractivity contribution in [2.45, 2.75) is 13.5 Å². The zero-order valence-corrected chi connectivity index (χ0v) is 19.5. The minimum Gasteiger partial charge on any atom is -0.351 e. The maximum absolute atomic E-state index is 13.1. The molecule has 1 fully saturated rings. The van der Waals surface area contributed by atoms with E-state index in [4.69, 9.17) is 11.6 Å². The lowest BCUT2D eigenvalue weighted by Crippen LogP contribution is -2.51. The number of carbonyl (C=O) groups is 2. The number of thiazole rings is 1. The minimum atomic E-state index is -0.000429. The normalized spacial score (nSPS) is 14.4. The van der Waals surface area contributed by atoms with Crippen LogP contribution in [-0.4, -0.2) is 59.3 Å². The highest BCUT2D eigenvalue weighted by Crippen LogP contribution is 2.29. The molecular weight excluding hydrogens is 444 g/mol. The summed E-state index contributed by atoms with van der Waals surface area (Å²) in [6.07, 6.45) is 0. The summed E-state index contributed by atoms with van der Waals surface area (Å²) in [5.41, 5.74) is 2.77. The molecule has 2 heterocycles. The van der Waals surface area contributed by atoms with E-state index in [1.165, 1.54) is 11.3 Å². The SMILES string of the molecule is Cc1nc(-c2ccc(Cl)cc2)sc1C(=O)N1CCN(CC(=O)NCc2ccccc2)CC1. The molecule has 8 heteroatoms. The lowest BCUT2D eigenvalue weighted by atomic mass is 10.2. The zero-order valence-electron chi connectivity index (χ0n) is 17.9. The Labute approximate surface area is 196 Å². The largest absolute Gasteiger partial charge is 0.351 e. The van der Waals surface area contributed by atoms with Crippen LogP contribution >= 0.6 is 22.9 Å². The van der Waals surface area contributed by atoms with E-state index in [2.05, 4.69) is 15.2 Å². The van der Waals surface area contributed by atoms with Crippen molar-refractivity contribution in [1.29, 1.82) is 0 Å². The number of amides is 2. The molecule has 0 unspecified atom stereocenters. The van der Waals surface area contributed by atoms with Crippen molar-refractivity contribution in [2.24, 2.45) is 0 Å². The predicted molar refractivity (Wildman–Crippen MR) is 128 cm³/mol. The molecular formula is C24H25ClN4O2S. The van der Waals surface area contributed by atoms with E-state index >= 15 is 0 Å². The Balaban J connectivity index is 1.29. The van der Waals surface area contributed by atoms with E-state index in [0.717, 1.165) is 21.8 Å². The van der Waals surface area contributed by atoms with Crippen molar-refractivity contribution in [2.75, 3.05) is 32.7 Å². The van der Waals surface area contributed by atoms with Crippen LogP contribution in [0.1, 0.15) is 20.9 Å². The van der Waals surface area contributed by atoms with Crippen LogP contribution in [0.5, 0.6) is 0 Å². The molecule has 3 aromatic rings. The molecule has 1 N–H and O–H groups in total. The number of carbonyl (C=O) groups excluding carboxylic acids is 2. The fourth-order valence-corrected chi connectivity index (χ4v) is 4.78. The van der Waals surface area contributed by atoms with E-state index in [0.29, 0.717) is 49.2 Å². The van der Waals surface area contributed by atoms with E-state index in [1.54, 1.807) is 0 Å². The van der Waals surface area contributed by atoms with E-state index in [9.17, 15) is 9.59 Å². The van der Waals surface area contributed by atoms with E-state index in [-0.39, 0.29) is 11.8 Å². The molecule has 2 amide bonds. The fourth-order valence-electron chi connectivity index (χ4n) is 3.62. The van der Waals surface area contributed by atoms with Gasteiger partial charge >= 0.3 is 0 Å². The van der Waals surface area contributed by atoms with Crippen LogP contribution in [0.4, 0.5) is 0 Å². The van der Waals surface area contributed by atoms with Gasteiger partial charge in [-0.05, 0) is 24.6 Å². The van der Waals surface area contributed by atoms with Gasteiger partial charge in [0.1, 0.15) is 9.88 Å². The number of rotatable bonds is 6. The maximum Gasteiger partial charge on any atom is 0.265 e. The number of nitrogens with one attached hydrogen (secondary N) is 1. The predicted octanol–water partition coefficient (Wildman–Crippen LogP) is 3.85. The van der Waals surface area contributed by atoms with Crippen molar-refractivity contribution in [3.05, 3.63) is 75.8 Å². The molecule has 1 aliphatic rings. The molecule has 1 saturated heterocycles. The third-order valence-corrected chi connectivity index (χ3v) is 6.89. The first-order valence-electron chi connectivity index (χ1n) is 10.6. The van der Waals surface area contributed by atoms with Gasteiger partial charge in [-0.25, -0.2) is 4.98 Å². The summed E-state index contributed by atoms with van der Waals surface area (Å²) in [6.45, 7) is 5.28. The second kappa shape index (κ2) is 10.3. The maximum atomic E-state index is 13.1. The number of nitrogens with zero attached hydrogens (tertiary/aromatic N) is 3. The Morgan fingerprint density at radius 2 is 1.72 bits per heavy atom. The smallest absolute Gasteiger partial charge is 0.265 e. The van der Waals surface area contributed by atoms with Gasteiger partial charge < -0.3 is 10.2 Å². The second-order valence-electron chi connectivity index (χ2n) is 7.77. The highest BCUT2D eigenvalue weighted by molar-refractivity contribution is 7.17. The van der Waals surface area contributed by atoms with E-state index < -0.39 is 0 Å². The van der Waals surface area contributed by atoms with Crippen molar-refractivity contribution in [3.8, 4) is 10.6 Å². The van der Waals surface area contributed by atoms with Gasteiger partial charge in [-0.15, -0.1) is 11.3 Å². The highest BCUT2D eigenvalue weighted by Gasteiger charge is 2.26. The number of aromatic nitrogens is 1. The third kappa shape index (κ3) is 5.54. The minimum absolute atomic E-state index is 0.000429. The van der Waals surface area contributed by atoms with Crippen LogP contribution < -0.4 is 5.32 Å². The van der Waals surface area contributed by atoms with E-state index in [1.807, 2.05) is 66.4 Å². The highest BCUT2D eigenvalue weighted by atomic mass is 35.5. The molecule has 0 saturated carbocycles. The van der Waals surface area contributed by atoms with Gasteiger partial charge in [0.25, 0.3) is 5.91 Å². The van der Waals surface area contributed by atoms with Crippen LogP contribution in [0.15, 0.2) is 54.6 Å². The summed E-state index contributed by atoms with van der Waals surface area (Å²) in [7, 11) is 0. The van der Waals surface area contributed by atoms with Crippen LogP contribution in [-0.2, 0) is 11.3 Å². The summed E-state index contributed by atoms with van der Waals surface area (Å²) in [5, 5.41) is 4.45. The van der Waals surface area contributed by atoms with Gasteiger partial charge in [0, 0.05) is 43.3 Å². The van der Waals surface area contributed by atoms with Crippen LogP contribution in [0.25, 0.3) is 10.6 Å². The molecule has 4 rings (SSSR count). The number of aryl methyl sites for hydroxylation is 1. The number of halogens is 1. The summed E-state index contributed by atoms with van der Waals surface area (Å²) >= 11 is 7.38. The van der Waals surface area contributed by atoms with Crippen molar-refractivity contribution in [1.82, 2.24) is 20.1 Å². The second-order valence-corrected chi connectivity index (χ2v) is 9.21. The Kier molecular flexibility index (Phi) is 7.19. The first-order valence-corrected chi connectivity index (χ1v) is 11.7. The first kappa shape index (κ1) is 22.5. The van der Waals surface area contributed by atoms with Gasteiger partial charge in [-0.2, -0.15) is 0 Å². The van der Waals surface area contributed by atoms with Gasteiger partial charge in [0.2, 0.25) is 5.91 Å². The summed E-state index contributed by atoms with van der Waals surface area (Å²) < 4.78 is 0. The summed E-state index contributed by atoms with van der Waals surface area (Å²) in [4.78, 5) is 34.6. The number of benzene rings is 2. The van der Waals surface area contributed by atoms with Crippen LogP contribution in [0.2, 0.25) is 5.02 Å². The molecule has 1 aromatic heterocycles.